The number of benzene rings is 1. The molecule has 0 saturated heterocycles. The van der Waals surface area contributed by atoms with Crippen LogP contribution in [0.5, 0.6) is 0 Å². The zero-order chi connectivity index (χ0) is 16.0. The average molecular weight is 312 g/mol. The fourth-order valence-electron chi connectivity index (χ4n) is 2.73. The van der Waals surface area contributed by atoms with Crippen LogP contribution in [0.1, 0.15) is 32.3 Å². The van der Waals surface area contributed by atoms with Gasteiger partial charge in [-0.15, -0.1) is 0 Å². The molecule has 0 aliphatic heterocycles. The molecule has 1 unspecified atom stereocenters. The van der Waals surface area contributed by atoms with Gasteiger partial charge < -0.3 is 4.90 Å². The van der Waals surface area contributed by atoms with E-state index in [2.05, 4.69) is 23.5 Å². The molecular weight excluding hydrogens is 284 g/mol. The Hall–Kier alpha value is -0.910. The first-order valence-electron chi connectivity index (χ1n) is 7.55. The lowest BCUT2D eigenvalue weighted by Crippen LogP contribution is -2.44. The van der Waals surface area contributed by atoms with E-state index in [1.165, 1.54) is 0 Å². The van der Waals surface area contributed by atoms with Crippen LogP contribution < -0.4 is 4.72 Å². The highest BCUT2D eigenvalue weighted by Gasteiger charge is 2.24. The Kier molecular flexibility index (Phi) is 6.84. The van der Waals surface area contributed by atoms with Crippen molar-refractivity contribution in [3.8, 4) is 0 Å². The lowest BCUT2D eigenvalue weighted by atomic mass is 9.93. The number of nitrogens with one attached hydrogen (secondary N) is 1. The van der Waals surface area contributed by atoms with Gasteiger partial charge in [0.25, 0.3) is 0 Å². The largest absolute Gasteiger partial charge is 0.305 e. The van der Waals surface area contributed by atoms with Crippen molar-refractivity contribution in [1.29, 1.82) is 0 Å². The number of sulfonamides is 1. The van der Waals surface area contributed by atoms with Gasteiger partial charge in [-0.1, -0.05) is 44.9 Å². The van der Waals surface area contributed by atoms with Gasteiger partial charge in [-0.25, -0.2) is 13.1 Å². The Morgan fingerprint density at radius 1 is 1.14 bits per heavy atom. The normalized spacial score (nSPS) is 13.9. The predicted molar refractivity (Wildman–Crippen MR) is 87.9 cm³/mol. The highest BCUT2D eigenvalue weighted by atomic mass is 32.2. The number of hydrogen-bond donors (Lipinski definition) is 1. The summed E-state index contributed by atoms with van der Waals surface area (Å²) in [6.45, 7) is 6.57. The number of rotatable bonds is 8. The van der Waals surface area contributed by atoms with Gasteiger partial charge in [0.2, 0.25) is 10.0 Å². The zero-order valence-corrected chi connectivity index (χ0v) is 14.6. The molecule has 0 aliphatic carbocycles. The molecule has 0 bridgehead atoms. The number of likely N-dealkylation sites (N-methyl/N-ethyl adjacent to an activating group) is 1. The van der Waals surface area contributed by atoms with Crippen LogP contribution >= 0.6 is 0 Å². The number of aryl methyl sites for hydroxylation is 1. The minimum Gasteiger partial charge on any atom is -0.305 e. The molecule has 0 radical (unpaired) electrons. The molecule has 120 valence electrons. The Labute approximate surface area is 129 Å². The van der Waals surface area contributed by atoms with E-state index in [0.29, 0.717) is 17.4 Å². The van der Waals surface area contributed by atoms with Crippen molar-refractivity contribution >= 4 is 10.0 Å². The van der Waals surface area contributed by atoms with Crippen LogP contribution in [0.4, 0.5) is 0 Å². The van der Waals surface area contributed by atoms with Crippen LogP contribution in [-0.4, -0.2) is 40.0 Å². The lowest BCUT2D eigenvalue weighted by Gasteiger charge is -2.31. The van der Waals surface area contributed by atoms with Crippen LogP contribution in [-0.2, 0) is 10.0 Å². The molecule has 0 heterocycles. The maximum atomic E-state index is 12.4. The standard InChI is InChI=1S/C16H28N2O2S/c1-6-14(7-2)15(18(4)5)12-17-21(19,20)16-11-9-8-10-13(16)3/h8-11,14-15,17H,6-7,12H2,1-5H3. The minimum absolute atomic E-state index is 0.207. The predicted octanol–water partition coefficient (Wildman–Crippen LogP) is 2.64. The zero-order valence-electron chi connectivity index (χ0n) is 13.8. The molecule has 0 fully saturated rings. The Balaban J connectivity index is 2.87. The van der Waals surface area contributed by atoms with E-state index in [9.17, 15) is 8.42 Å². The van der Waals surface area contributed by atoms with Gasteiger partial charge in [0.1, 0.15) is 0 Å². The van der Waals surface area contributed by atoms with Gasteiger partial charge >= 0.3 is 0 Å². The maximum Gasteiger partial charge on any atom is 0.240 e. The van der Waals surface area contributed by atoms with Crippen molar-refractivity contribution in [2.75, 3.05) is 20.6 Å². The molecule has 1 rings (SSSR count). The summed E-state index contributed by atoms with van der Waals surface area (Å²) in [6.07, 6.45) is 2.09. The van der Waals surface area contributed by atoms with Crippen LogP contribution in [0, 0.1) is 12.8 Å². The van der Waals surface area contributed by atoms with Gasteiger partial charge in [-0.05, 0) is 38.6 Å². The second kappa shape index (κ2) is 7.92. The van der Waals surface area contributed by atoms with Crippen molar-refractivity contribution in [3.63, 3.8) is 0 Å². The summed E-state index contributed by atoms with van der Waals surface area (Å²) in [4.78, 5) is 2.48. The van der Waals surface area contributed by atoms with Gasteiger partial charge in [0.05, 0.1) is 4.90 Å². The van der Waals surface area contributed by atoms with Crippen molar-refractivity contribution < 1.29 is 8.42 Å². The SMILES string of the molecule is CCC(CC)C(CNS(=O)(=O)c1ccccc1C)N(C)C. The average Bonchev–Trinajstić information content (AvgIpc) is 2.43. The summed E-state index contributed by atoms with van der Waals surface area (Å²) in [5.74, 6) is 0.486. The van der Waals surface area contributed by atoms with Gasteiger partial charge in [0.15, 0.2) is 0 Å². The Bertz CT molecular complexity index is 537. The van der Waals surface area contributed by atoms with Crippen LogP contribution in [0.3, 0.4) is 0 Å². The van der Waals surface area contributed by atoms with Gasteiger partial charge in [0, 0.05) is 12.6 Å². The van der Waals surface area contributed by atoms with E-state index in [4.69, 9.17) is 0 Å². The number of nitrogens with zero attached hydrogens (tertiary/aromatic N) is 1. The summed E-state index contributed by atoms with van der Waals surface area (Å²) in [5.41, 5.74) is 0.772. The van der Waals surface area contributed by atoms with E-state index >= 15 is 0 Å². The van der Waals surface area contributed by atoms with Crippen molar-refractivity contribution in [2.24, 2.45) is 5.92 Å². The third kappa shape index (κ3) is 4.80. The summed E-state index contributed by atoms with van der Waals surface area (Å²) >= 11 is 0. The molecule has 1 aromatic carbocycles. The molecule has 0 aliphatic rings. The quantitative estimate of drug-likeness (QED) is 0.803. The molecule has 5 heteroatoms. The topological polar surface area (TPSA) is 49.4 Å². The van der Waals surface area contributed by atoms with Crippen LogP contribution in [0.15, 0.2) is 29.2 Å². The monoisotopic (exact) mass is 312 g/mol. The Morgan fingerprint density at radius 2 is 1.71 bits per heavy atom. The first-order valence-corrected chi connectivity index (χ1v) is 9.03. The minimum atomic E-state index is -3.45. The van der Waals surface area contributed by atoms with E-state index in [1.54, 1.807) is 12.1 Å². The van der Waals surface area contributed by atoms with E-state index in [0.717, 1.165) is 18.4 Å². The molecule has 0 aromatic heterocycles. The molecular formula is C16H28N2O2S. The van der Waals surface area contributed by atoms with Crippen molar-refractivity contribution in [3.05, 3.63) is 29.8 Å². The van der Waals surface area contributed by atoms with E-state index in [-0.39, 0.29) is 6.04 Å². The second-order valence-corrected chi connectivity index (χ2v) is 7.46. The van der Waals surface area contributed by atoms with Gasteiger partial charge in [-0.3, -0.25) is 0 Å². The highest BCUT2D eigenvalue weighted by molar-refractivity contribution is 7.89. The highest BCUT2D eigenvalue weighted by Crippen LogP contribution is 2.18. The molecule has 1 atom stereocenters. The smallest absolute Gasteiger partial charge is 0.240 e. The first-order chi connectivity index (χ1) is 9.83. The number of hydrogen-bond acceptors (Lipinski definition) is 3. The summed E-state index contributed by atoms with van der Waals surface area (Å²) < 4.78 is 27.7. The van der Waals surface area contributed by atoms with Gasteiger partial charge in [-0.2, -0.15) is 0 Å². The van der Waals surface area contributed by atoms with Crippen LogP contribution in [0.2, 0.25) is 0 Å². The molecule has 0 saturated carbocycles. The molecule has 1 aromatic rings. The fourth-order valence-corrected chi connectivity index (χ4v) is 4.03. The third-order valence-electron chi connectivity index (χ3n) is 4.12. The molecule has 1 N–H and O–H groups in total. The lowest BCUT2D eigenvalue weighted by molar-refractivity contribution is 0.201. The molecule has 21 heavy (non-hydrogen) atoms. The summed E-state index contributed by atoms with van der Waals surface area (Å²) in [5, 5.41) is 0. The second-order valence-electron chi connectivity index (χ2n) is 5.72. The van der Waals surface area contributed by atoms with Crippen molar-refractivity contribution in [1.82, 2.24) is 9.62 Å². The fraction of sp³-hybridized carbons (Fsp3) is 0.625. The maximum absolute atomic E-state index is 12.4. The van der Waals surface area contributed by atoms with E-state index < -0.39 is 10.0 Å². The van der Waals surface area contributed by atoms with Crippen LogP contribution in [0.25, 0.3) is 0 Å². The van der Waals surface area contributed by atoms with E-state index in [1.807, 2.05) is 33.2 Å². The summed E-state index contributed by atoms with van der Waals surface area (Å²) in [6, 6.07) is 7.28. The molecule has 4 nitrogen and oxygen atoms in total. The third-order valence-corrected chi connectivity index (χ3v) is 5.71. The summed E-state index contributed by atoms with van der Waals surface area (Å²) in [7, 11) is 0.564. The molecule has 0 spiro atoms. The van der Waals surface area contributed by atoms with Crippen molar-refractivity contribution in [2.45, 2.75) is 44.6 Å². The first kappa shape index (κ1) is 18.1. The Morgan fingerprint density at radius 3 is 2.19 bits per heavy atom. The molecule has 0 amide bonds.